The number of amides is 2. The molecule has 11 heteroatoms. The fourth-order valence-corrected chi connectivity index (χ4v) is 6.04. The number of nitrogens with zero attached hydrogens (tertiary/aromatic N) is 2. The van der Waals surface area contributed by atoms with Crippen molar-refractivity contribution in [1.82, 2.24) is 14.8 Å². The SMILES string of the molecule is Cc1c(Sc2cccc(C(=O)O)c2)c2ccc(Cl)c(F)c2n1CC(=O)N1CCC2(CC1)CNC(=O)O2. The Morgan fingerprint density at radius 1 is 1.25 bits per heavy atom. The molecule has 8 nitrogen and oxygen atoms in total. The molecular weight excluding hydrogens is 509 g/mol. The van der Waals surface area contributed by atoms with Gasteiger partial charge in [0.2, 0.25) is 5.91 Å². The quantitative estimate of drug-likeness (QED) is 0.495. The Bertz CT molecular complexity index is 1400. The molecule has 1 aromatic heterocycles. The lowest BCUT2D eigenvalue weighted by Crippen LogP contribution is -2.49. The van der Waals surface area contributed by atoms with E-state index in [1.54, 1.807) is 40.7 Å². The second-order valence-electron chi connectivity index (χ2n) is 9.00. The summed E-state index contributed by atoms with van der Waals surface area (Å²) in [6.07, 6.45) is 0.629. The van der Waals surface area contributed by atoms with E-state index in [2.05, 4.69) is 5.32 Å². The summed E-state index contributed by atoms with van der Waals surface area (Å²) in [6, 6.07) is 9.69. The van der Waals surface area contributed by atoms with E-state index in [4.69, 9.17) is 16.3 Å². The second-order valence-corrected chi connectivity index (χ2v) is 10.5. The number of rotatable bonds is 5. The first kappa shape index (κ1) is 24.5. The highest BCUT2D eigenvalue weighted by molar-refractivity contribution is 7.99. The van der Waals surface area contributed by atoms with Crippen LogP contribution in [0, 0.1) is 12.7 Å². The summed E-state index contributed by atoms with van der Waals surface area (Å²) in [7, 11) is 0. The molecule has 0 bridgehead atoms. The van der Waals surface area contributed by atoms with Crippen LogP contribution < -0.4 is 5.32 Å². The number of aromatic carboxylic acids is 1. The van der Waals surface area contributed by atoms with Gasteiger partial charge in [-0.1, -0.05) is 29.4 Å². The third kappa shape index (κ3) is 4.39. The number of carboxylic acid groups (broad SMARTS) is 1. The van der Waals surface area contributed by atoms with Crippen LogP contribution in [-0.4, -0.2) is 57.8 Å². The topological polar surface area (TPSA) is 101 Å². The van der Waals surface area contributed by atoms with Crippen LogP contribution in [0.4, 0.5) is 9.18 Å². The number of likely N-dealkylation sites (tertiary alicyclic amines) is 1. The molecule has 2 aliphatic heterocycles. The highest BCUT2D eigenvalue weighted by atomic mass is 35.5. The van der Waals surface area contributed by atoms with Crippen molar-refractivity contribution in [2.24, 2.45) is 0 Å². The second kappa shape index (κ2) is 9.33. The van der Waals surface area contributed by atoms with Crippen molar-refractivity contribution in [2.75, 3.05) is 19.6 Å². The lowest BCUT2D eigenvalue weighted by molar-refractivity contribution is -0.135. The number of fused-ring (bicyclic) bond motifs is 1. The molecule has 188 valence electrons. The fourth-order valence-electron chi connectivity index (χ4n) is 4.79. The van der Waals surface area contributed by atoms with E-state index in [9.17, 15) is 19.5 Å². The highest BCUT2D eigenvalue weighted by Crippen LogP contribution is 2.41. The third-order valence-electron chi connectivity index (χ3n) is 6.80. The van der Waals surface area contributed by atoms with Gasteiger partial charge in [-0.3, -0.25) is 4.79 Å². The fraction of sp³-hybridized carbons (Fsp3) is 0.320. The van der Waals surface area contributed by atoms with Crippen LogP contribution in [0.2, 0.25) is 5.02 Å². The highest BCUT2D eigenvalue weighted by Gasteiger charge is 2.43. The monoisotopic (exact) mass is 531 g/mol. The Balaban J connectivity index is 1.44. The predicted molar refractivity (Wildman–Crippen MR) is 132 cm³/mol. The number of alkyl carbamates (subject to hydrolysis) is 1. The molecule has 3 heterocycles. The number of hydrogen-bond acceptors (Lipinski definition) is 5. The van der Waals surface area contributed by atoms with Crippen LogP contribution in [0.5, 0.6) is 0 Å². The maximum absolute atomic E-state index is 15.3. The van der Waals surface area contributed by atoms with Crippen molar-refractivity contribution < 1.29 is 28.6 Å². The van der Waals surface area contributed by atoms with Gasteiger partial charge in [0.15, 0.2) is 5.82 Å². The van der Waals surface area contributed by atoms with Gasteiger partial charge in [-0.2, -0.15) is 0 Å². The number of halogens is 2. The standard InChI is InChI=1S/C25H23ClFN3O5S/c1-14-22(36-16-4-2-3-15(11-16)23(32)33)17-5-6-18(26)20(27)21(17)30(14)12-19(31)29-9-7-25(8-10-29)13-28-24(34)35-25/h2-6,11H,7-10,12-13H2,1H3,(H,28,34)(H,32,33). The Labute approximate surface area is 215 Å². The Hall–Kier alpha value is -3.24. The van der Waals surface area contributed by atoms with Crippen molar-refractivity contribution in [3.8, 4) is 0 Å². The van der Waals surface area contributed by atoms with Crippen molar-refractivity contribution >= 4 is 52.2 Å². The first-order valence-electron chi connectivity index (χ1n) is 11.4. The third-order valence-corrected chi connectivity index (χ3v) is 8.30. The molecule has 36 heavy (non-hydrogen) atoms. The van der Waals surface area contributed by atoms with Crippen molar-refractivity contribution in [3.05, 3.63) is 58.5 Å². The normalized spacial score (nSPS) is 16.9. The van der Waals surface area contributed by atoms with Gasteiger partial charge in [-0.25, -0.2) is 14.0 Å². The van der Waals surface area contributed by atoms with Crippen molar-refractivity contribution in [1.29, 1.82) is 0 Å². The number of nitrogens with one attached hydrogen (secondary N) is 1. The van der Waals surface area contributed by atoms with Gasteiger partial charge in [-0.15, -0.1) is 0 Å². The van der Waals surface area contributed by atoms with E-state index < -0.39 is 23.5 Å². The number of hydrogen-bond donors (Lipinski definition) is 2. The maximum Gasteiger partial charge on any atom is 0.407 e. The van der Waals surface area contributed by atoms with E-state index in [0.717, 1.165) is 4.90 Å². The molecule has 0 radical (unpaired) electrons. The van der Waals surface area contributed by atoms with Crippen LogP contribution in [0.25, 0.3) is 10.9 Å². The summed E-state index contributed by atoms with van der Waals surface area (Å²) < 4.78 is 22.3. The minimum absolute atomic E-state index is 0.0476. The molecule has 2 aliphatic rings. The van der Waals surface area contributed by atoms with Gasteiger partial charge >= 0.3 is 12.1 Å². The van der Waals surface area contributed by atoms with Crippen LogP contribution in [0.15, 0.2) is 46.2 Å². The molecule has 2 amide bonds. The Morgan fingerprint density at radius 3 is 2.67 bits per heavy atom. The number of carbonyl (C=O) groups is 3. The summed E-state index contributed by atoms with van der Waals surface area (Å²) in [4.78, 5) is 39.2. The molecular formula is C25H23ClFN3O5S. The van der Waals surface area contributed by atoms with Crippen LogP contribution in [0.3, 0.4) is 0 Å². The summed E-state index contributed by atoms with van der Waals surface area (Å²) >= 11 is 7.41. The van der Waals surface area contributed by atoms with E-state index >= 15 is 4.39 Å². The van der Waals surface area contributed by atoms with Crippen LogP contribution in [0.1, 0.15) is 28.9 Å². The Morgan fingerprint density at radius 2 is 2.00 bits per heavy atom. The number of aromatic nitrogens is 1. The average molecular weight is 532 g/mol. The smallest absolute Gasteiger partial charge is 0.407 e. The summed E-state index contributed by atoms with van der Waals surface area (Å²) in [6.45, 7) is 3.01. The lowest BCUT2D eigenvalue weighted by atomic mass is 9.91. The lowest BCUT2D eigenvalue weighted by Gasteiger charge is -2.37. The number of carbonyl (C=O) groups excluding carboxylic acids is 2. The maximum atomic E-state index is 15.3. The van der Waals surface area contributed by atoms with Gasteiger partial charge in [0, 0.05) is 46.8 Å². The average Bonchev–Trinajstić information content (AvgIpc) is 3.34. The zero-order chi connectivity index (χ0) is 25.6. The number of ether oxygens (including phenoxy) is 1. The van der Waals surface area contributed by atoms with Gasteiger partial charge in [0.25, 0.3) is 0 Å². The summed E-state index contributed by atoms with van der Waals surface area (Å²) in [5.74, 6) is -1.82. The van der Waals surface area contributed by atoms with Gasteiger partial charge in [0.05, 0.1) is 22.6 Å². The number of benzene rings is 2. The van der Waals surface area contributed by atoms with Gasteiger partial charge < -0.3 is 24.6 Å². The molecule has 2 fully saturated rings. The molecule has 1 spiro atoms. The number of carboxylic acids is 1. The predicted octanol–water partition coefficient (Wildman–Crippen LogP) is 4.69. The zero-order valence-corrected chi connectivity index (χ0v) is 20.9. The van der Waals surface area contributed by atoms with E-state index in [-0.39, 0.29) is 28.6 Å². The number of piperidine rings is 1. The summed E-state index contributed by atoms with van der Waals surface area (Å²) in [5, 5.41) is 12.6. The first-order chi connectivity index (χ1) is 17.2. The van der Waals surface area contributed by atoms with Crippen molar-refractivity contribution in [3.63, 3.8) is 0 Å². The molecule has 0 atom stereocenters. The zero-order valence-electron chi connectivity index (χ0n) is 19.3. The van der Waals surface area contributed by atoms with E-state index in [0.29, 0.717) is 48.5 Å². The largest absolute Gasteiger partial charge is 0.478 e. The Kier molecular flexibility index (Phi) is 6.34. The molecule has 0 aliphatic carbocycles. The minimum Gasteiger partial charge on any atom is -0.478 e. The van der Waals surface area contributed by atoms with Gasteiger partial charge in [-0.05, 0) is 37.3 Å². The van der Waals surface area contributed by atoms with Gasteiger partial charge in [0.1, 0.15) is 12.1 Å². The van der Waals surface area contributed by atoms with Crippen molar-refractivity contribution in [2.45, 2.75) is 41.7 Å². The molecule has 2 N–H and O–H groups in total. The van der Waals surface area contributed by atoms with Crippen LogP contribution >= 0.6 is 23.4 Å². The van der Waals surface area contributed by atoms with E-state index in [1.165, 1.54) is 23.9 Å². The summed E-state index contributed by atoms with van der Waals surface area (Å²) in [5.41, 5.74) is 0.481. The minimum atomic E-state index is -1.04. The first-order valence-corrected chi connectivity index (χ1v) is 12.6. The van der Waals surface area contributed by atoms with Crippen LogP contribution in [-0.2, 0) is 16.1 Å². The molecule has 2 aromatic carbocycles. The molecule has 0 unspecified atom stereocenters. The molecule has 3 aromatic rings. The van der Waals surface area contributed by atoms with E-state index in [1.807, 2.05) is 0 Å². The molecule has 2 saturated heterocycles. The molecule has 5 rings (SSSR count). The molecule has 0 saturated carbocycles.